The van der Waals surface area contributed by atoms with Gasteiger partial charge in [-0.05, 0) is 31.7 Å². The van der Waals surface area contributed by atoms with E-state index in [-0.39, 0.29) is 0 Å². The monoisotopic (exact) mass is 199 g/mol. The lowest BCUT2D eigenvalue weighted by atomic mass is 10.1. The van der Waals surface area contributed by atoms with Gasteiger partial charge in [-0.15, -0.1) is 0 Å². The summed E-state index contributed by atoms with van der Waals surface area (Å²) in [4.78, 5) is 0. The van der Waals surface area contributed by atoms with Gasteiger partial charge < -0.3 is 10.1 Å². The lowest BCUT2D eigenvalue weighted by Gasteiger charge is -2.10. The smallest absolute Gasteiger partial charge is 0.0700 e. The Bertz CT molecular complexity index is 130. The molecule has 2 heteroatoms. The van der Waals surface area contributed by atoms with Crippen molar-refractivity contribution < 1.29 is 4.74 Å². The molecule has 14 heavy (non-hydrogen) atoms. The average molecular weight is 199 g/mol. The Balaban J connectivity index is 1.79. The highest BCUT2D eigenvalue weighted by Crippen LogP contribution is 2.10. The van der Waals surface area contributed by atoms with Crippen molar-refractivity contribution in [1.82, 2.24) is 5.32 Å². The van der Waals surface area contributed by atoms with Crippen molar-refractivity contribution in [3.8, 4) is 0 Å². The van der Waals surface area contributed by atoms with Crippen LogP contribution < -0.4 is 5.32 Å². The van der Waals surface area contributed by atoms with E-state index in [9.17, 15) is 0 Å². The summed E-state index contributed by atoms with van der Waals surface area (Å²) in [6.07, 6.45) is 7.03. The second-order valence-corrected chi connectivity index (χ2v) is 4.73. The van der Waals surface area contributed by atoms with Crippen molar-refractivity contribution in [2.24, 2.45) is 5.92 Å². The zero-order chi connectivity index (χ0) is 10.2. The highest BCUT2D eigenvalue weighted by molar-refractivity contribution is 4.67. The molecule has 0 aromatic heterocycles. The van der Waals surface area contributed by atoms with E-state index in [0.717, 1.165) is 25.6 Å². The van der Waals surface area contributed by atoms with E-state index < -0.39 is 0 Å². The molecule has 1 heterocycles. The third-order valence-corrected chi connectivity index (χ3v) is 2.78. The number of hydrogen-bond acceptors (Lipinski definition) is 2. The minimum absolute atomic E-state index is 0.500. The lowest BCUT2D eigenvalue weighted by molar-refractivity contribution is 0.110. The number of nitrogens with one attached hydrogen (secondary N) is 1. The van der Waals surface area contributed by atoms with Gasteiger partial charge in [0.25, 0.3) is 0 Å². The van der Waals surface area contributed by atoms with Gasteiger partial charge in [-0.1, -0.05) is 26.7 Å². The van der Waals surface area contributed by atoms with Crippen LogP contribution in [0.15, 0.2) is 0 Å². The Morgan fingerprint density at radius 2 is 2.21 bits per heavy atom. The Hall–Kier alpha value is -0.0800. The van der Waals surface area contributed by atoms with Gasteiger partial charge in [-0.25, -0.2) is 0 Å². The minimum Gasteiger partial charge on any atom is -0.377 e. The quantitative estimate of drug-likeness (QED) is 0.636. The van der Waals surface area contributed by atoms with Crippen molar-refractivity contribution in [2.45, 2.75) is 52.1 Å². The Morgan fingerprint density at radius 3 is 2.86 bits per heavy atom. The van der Waals surface area contributed by atoms with Crippen LogP contribution in [0.3, 0.4) is 0 Å². The highest BCUT2D eigenvalue weighted by Gasteiger charge is 2.13. The molecule has 1 fully saturated rings. The molecule has 0 bridgehead atoms. The Morgan fingerprint density at radius 1 is 1.36 bits per heavy atom. The number of unbranched alkanes of at least 4 members (excludes halogenated alkanes) is 1. The molecule has 84 valence electrons. The average Bonchev–Trinajstić information content (AvgIpc) is 2.63. The molecule has 1 N–H and O–H groups in total. The summed E-state index contributed by atoms with van der Waals surface area (Å²) in [5.41, 5.74) is 0. The van der Waals surface area contributed by atoms with E-state index in [0.29, 0.717) is 6.10 Å². The van der Waals surface area contributed by atoms with Crippen LogP contribution >= 0.6 is 0 Å². The molecule has 0 aliphatic carbocycles. The zero-order valence-corrected chi connectivity index (χ0v) is 9.72. The highest BCUT2D eigenvalue weighted by atomic mass is 16.5. The molecule has 0 unspecified atom stereocenters. The van der Waals surface area contributed by atoms with Crippen LogP contribution in [0.5, 0.6) is 0 Å². The normalized spacial score (nSPS) is 22.1. The number of hydrogen-bond donors (Lipinski definition) is 1. The van der Waals surface area contributed by atoms with Crippen molar-refractivity contribution in [1.29, 1.82) is 0 Å². The summed E-state index contributed by atoms with van der Waals surface area (Å²) < 4.78 is 5.54. The largest absolute Gasteiger partial charge is 0.377 e. The summed E-state index contributed by atoms with van der Waals surface area (Å²) in [5.74, 6) is 0.855. The molecular formula is C12H25NO. The number of ether oxygens (including phenoxy) is 1. The van der Waals surface area contributed by atoms with Crippen molar-refractivity contribution in [3.63, 3.8) is 0 Å². The van der Waals surface area contributed by atoms with Crippen LogP contribution in [-0.4, -0.2) is 25.8 Å². The summed E-state index contributed by atoms with van der Waals surface area (Å²) in [5, 5.41) is 3.48. The van der Waals surface area contributed by atoms with Crippen molar-refractivity contribution >= 4 is 0 Å². The van der Waals surface area contributed by atoms with Gasteiger partial charge >= 0.3 is 0 Å². The molecule has 2 nitrogen and oxygen atoms in total. The molecule has 1 atom stereocenters. The maximum absolute atomic E-state index is 5.54. The lowest BCUT2D eigenvalue weighted by Crippen LogP contribution is -2.27. The van der Waals surface area contributed by atoms with E-state index >= 15 is 0 Å². The molecule has 1 rings (SSSR count). The first kappa shape index (κ1) is 12.0. The molecule has 1 saturated heterocycles. The van der Waals surface area contributed by atoms with E-state index in [4.69, 9.17) is 4.74 Å². The second-order valence-electron chi connectivity index (χ2n) is 4.73. The molecule has 0 aromatic carbocycles. The van der Waals surface area contributed by atoms with E-state index in [1.54, 1.807) is 0 Å². The minimum atomic E-state index is 0.500. The second kappa shape index (κ2) is 7.24. The van der Waals surface area contributed by atoms with Crippen molar-refractivity contribution in [3.05, 3.63) is 0 Å². The molecular weight excluding hydrogens is 174 g/mol. The van der Waals surface area contributed by atoms with Gasteiger partial charge in [0.05, 0.1) is 6.10 Å². The maximum Gasteiger partial charge on any atom is 0.0700 e. The van der Waals surface area contributed by atoms with Gasteiger partial charge in [0.1, 0.15) is 0 Å². The van der Waals surface area contributed by atoms with E-state index in [1.807, 2.05) is 0 Å². The summed E-state index contributed by atoms with van der Waals surface area (Å²) in [6, 6.07) is 0. The van der Waals surface area contributed by atoms with Crippen molar-refractivity contribution in [2.75, 3.05) is 19.7 Å². The molecule has 0 radical (unpaired) electrons. The molecule has 1 aliphatic rings. The van der Waals surface area contributed by atoms with Crippen LogP contribution in [0, 0.1) is 5.92 Å². The van der Waals surface area contributed by atoms with Crippen LogP contribution in [0.4, 0.5) is 0 Å². The van der Waals surface area contributed by atoms with Gasteiger partial charge in [-0.2, -0.15) is 0 Å². The Labute approximate surface area is 88.4 Å². The van der Waals surface area contributed by atoms with Gasteiger partial charge in [0, 0.05) is 13.2 Å². The van der Waals surface area contributed by atoms with Crippen LogP contribution in [0.1, 0.15) is 46.0 Å². The van der Waals surface area contributed by atoms with Gasteiger partial charge in [0.15, 0.2) is 0 Å². The van der Waals surface area contributed by atoms with E-state index in [2.05, 4.69) is 19.2 Å². The van der Waals surface area contributed by atoms with Gasteiger partial charge in [-0.3, -0.25) is 0 Å². The standard InChI is InChI=1S/C12H25NO/c1-11(2)6-3-4-8-13-10-12-7-5-9-14-12/h11-13H,3-10H2,1-2H3/t12-/m1/s1. The predicted octanol–water partition coefficient (Wildman–Crippen LogP) is 2.58. The predicted molar refractivity (Wildman–Crippen MR) is 60.5 cm³/mol. The van der Waals surface area contributed by atoms with Crippen LogP contribution in [0.2, 0.25) is 0 Å². The van der Waals surface area contributed by atoms with Crippen LogP contribution in [0.25, 0.3) is 0 Å². The van der Waals surface area contributed by atoms with Gasteiger partial charge in [0.2, 0.25) is 0 Å². The number of rotatable bonds is 7. The maximum atomic E-state index is 5.54. The topological polar surface area (TPSA) is 21.3 Å². The zero-order valence-electron chi connectivity index (χ0n) is 9.72. The Kier molecular flexibility index (Phi) is 6.20. The summed E-state index contributed by atoms with van der Waals surface area (Å²) >= 11 is 0. The molecule has 0 aromatic rings. The first-order valence-corrected chi connectivity index (χ1v) is 6.11. The fraction of sp³-hybridized carbons (Fsp3) is 1.00. The SMILES string of the molecule is CC(C)CCCCNC[C@H]1CCCO1. The summed E-state index contributed by atoms with van der Waals surface area (Å²) in [6.45, 7) is 7.77. The fourth-order valence-corrected chi connectivity index (χ4v) is 1.87. The van der Waals surface area contributed by atoms with Crippen LogP contribution in [-0.2, 0) is 4.74 Å². The third-order valence-electron chi connectivity index (χ3n) is 2.78. The molecule has 0 amide bonds. The molecule has 1 aliphatic heterocycles. The first-order chi connectivity index (χ1) is 6.79. The van der Waals surface area contributed by atoms with E-state index in [1.165, 1.54) is 32.1 Å². The summed E-state index contributed by atoms with van der Waals surface area (Å²) in [7, 11) is 0. The first-order valence-electron chi connectivity index (χ1n) is 6.11. The molecule has 0 spiro atoms. The fourth-order valence-electron chi connectivity index (χ4n) is 1.87. The molecule has 0 saturated carbocycles. The third kappa shape index (κ3) is 5.61.